The van der Waals surface area contributed by atoms with Crippen molar-refractivity contribution in [3.63, 3.8) is 0 Å². The fourth-order valence-electron chi connectivity index (χ4n) is 1.29. The molecule has 1 nitrogen and oxygen atoms in total. The van der Waals surface area contributed by atoms with Gasteiger partial charge >= 0.3 is 0 Å². The molecule has 0 saturated carbocycles. The van der Waals surface area contributed by atoms with E-state index >= 15 is 0 Å². The van der Waals surface area contributed by atoms with Crippen molar-refractivity contribution < 1.29 is 4.42 Å². The van der Waals surface area contributed by atoms with Gasteiger partial charge in [-0.05, 0) is 17.9 Å². The number of hydrogen-bond acceptors (Lipinski definition) is 2. The highest BCUT2D eigenvalue weighted by molar-refractivity contribution is 7.98. The first-order chi connectivity index (χ1) is 6.42. The van der Waals surface area contributed by atoms with Crippen molar-refractivity contribution in [2.24, 2.45) is 0 Å². The average molecular weight is 190 g/mol. The van der Waals surface area contributed by atoms with E-state index in [1.807, 2.05) is 30.5 Å². The molecule has 0 spiro atoms. The van der Waals surface area contributed by atoms with E-state index in [0.29, 0.717) is 0 Å². The third kappa shape index (κ3) is 1.63. The highest BCUT2D eigenvalue weighted by Crippen LogP contribution is 2.30. The van der Waals surface area contributed by atoms with Gasteiger partial charge in [-0.3, -0.25) is 0 Å². The van der Waals surface area contributed by atoms with Crippen molar-refractivity contribution in [3.8, 4) is 11.1 Å². The summed E-state index contributed by atoms with van der Waals surface area (Å²) in [6.07, 6.45) is 3.75. The lowest BCUT2D eigenvalue weighted by atomic mass is 10.1. The van der Waals surface area contributed by atoms with Gasteiger partial charge in [0, 0.05) is 5.56 Å². The standard InChI is InChI=1S/C11H10OS/c1-13-11-10(7-8-12-11)9-5-3-2-4-6-9/h2-8H,1H3. The normalized spacial score (nSPS) is 10.2. The highest BCUT2D eigenvalue weighted by atomic mass is 32.2. The molecule has 2 aromatic rings. The van der Waals surface area contributed by atoms with Gasteiger partial charge in [-0.1, -0.05) is 42.1 Å². The molecule has 0 aliphatic heterocycles. The molecule has 1 heterocycles. The lowest BCUT2D eigenvalue weighted by molar-refractivity contribution is 0.477. The number of rotatable bonds is 2. The Bertz CT molecular complexity index is 378. The number of thioether (sulfide) groups is 1. The molecule has 1 aromatic carbocycles. The van der Waals surface area contributed by atoms with E-state index in [1.54, 1.807) is 18.0 Å². The van der Waals surface area contributed by atoms with Crippen molar-refractivity contribution in [3.05, 3.63) is 42.7 Å². The molecule has 0 N–H and O–H groups in total. The maximum Gasteiger partial charge on any atom is 0.167 e. The minimum absolute atomic E-state index is 0.978. The predicted octanol–water partition coefficient (Wildman–Crippen LogP) is 3.67. The summed E-state index contributed by atoms with van der Waals surface area (Å²) in [6.45, 7) is 0. The zero-order chi connectivity index (χ0) is 9.10. The molecular formula is C11H10OS. The summed E-state index contributed by atoms with van der Waals surface area (Å²) in [5, 5.41) is 0.978. The molecule has 1 aromatic heterocycles. The lowest BCUT2D eigenvalue weighted by Gasteiger charge is -1.98. The van der Waals surface area contributed by atoms with Crippen LogP contribution in [-0.4, -0.2) is 6.26 Å². The molecule has 0 aliphatic carbocycles. The third-order valence-corrected chi connectivity index (χ3v) is 2.59. The van der Waals surface area contributed by atoms with Gasteiger partial charge < -0.3 is 4.42 Å². The minimum atomic E-state index is 0.978. The van der Waals surface area contributed by atoms with Crippen LogP contribution in [0, 0.1) is 0 Å². The second-order valence-electron chi connectivity index (χ2n) is 2.69. The number of hydrogen-bond donors (Lipinski definition) is 0. The van der Waals surface area contributed by atoms with Gasteiger partial charge in [-0.2, -0.15) is 0 Å². The van der Waals surface area contributed by atoms with E-state index in [1.165, 1.54) is 11.1 Å². The monoisotopic (exact) mass is 190 g/mol. The summed E-state index contributed by atoms with van der Waals surface area (Å²) in [5.41, 5.74) is 2.38. The van der Waals surface area contributed by atoms with Crippen molar-refractivity contribution in [1.29, 1.82) is 0 Å². The summed E-state index contributed by atoms with van der Waals surface area (Å²) in [5.74, 6) is 0. The van der Waals surface area contributed by atoms with Crippen LogP contribution in [-0.2, 0) is 0 Å². The Morgan fingerprint density at radius 3 is 2.54 bits per heavy atom. The van der Waals surface area contributed by atoms with Crippen molar-refractivity contribution in [1.82, 2.24) is 0 Å². The molecule has 0 saturated heterocycles. The smallest absolute Gasteiger partial charge is 0.167 e. The average Bonchev–Trinajstić information content (AvgIpc) is 2.67. The Labute approximate surface area is 81.8 Å². The van der Waals surface area contributed by atoms with Gasteiger partial charge in [0.25, 0.3) is 0 Å². The maximum atomic E-state index is 5.33. The van der Waals surface area contributed by atoms with Crippen LogP contribution >= 0.6 is 11.8 Å². The summed E-state index contributed by atoms with van der Waals surface area (Å²) >= 11 is 1.63. The molecule has 0 fully saturated rings. The van der Waals surface area contributed by atoms with Crippen molar-refractivity contribution in [2.45, 2.75) is 5.09 Å². The molecule has 2 heteroatoms. The number of benzene rings is 1. The van der Waals surface area contributed by atoms with E-state index in [4.69, 9.17) is 4.42 Å². The molecule has 0 aliphatic rings. The molecule has 0 unspecified atom stereocenters. The Balaban J connectivity index is 2.47. The van der Waals surface area contributed by atoms with Crippen LogP contribution in [0.1, 0.15) is 0 Å². The Morgan fingerprint density at radius 1 is 1.08 bits per heavy atom. The fourth-order valence-corrected chi connectivity index (χ4v) is 1.84. The molecule has 13 heavy (non-hydrogen) atoms. The third-order valence-electron chi connectivity index (χ3n) is 1.90. The molecule has 0 amide bonds. The Kier molecular flexibility index (Phi) is 2.41. The summed E-state index contributed by atoms with van der Waals surface area (Å²) in [6, 6.07) is 12.3. The molecule has 0 radical (unpaired) electrons. The van der Waals surface area contributed by atoms with Gasteiger partial charge in [0.2, 0.25) is 0 Å². The fraction of sp³-hybridized carbons (Fsp3) is 0.0909. The zero-order valence-electron chi connectivity index (χ0n) is 7.36. The van der Waals surface area contributed by atoms with Gasteiger partial charge in [0.15, 0.2) is 5.09 Å². The van der Waals surface area contributed by atoms with Gasteiger partial charge in [0.1, 0.15) is 0 Å². The topological polar surface area (TPSA) is 13.1 Å². The second kappa shape index (κ2) is 3.71. The van der Waals surface area contributed by atoms with Gasteiger partial charge in [0.05, 0.1) is 6.26 Å². The first-order valence-corrected chi connectivity index (χ1v) is 5.31. The number of furan rings is 1. The molecule has 0 bridgehead atoms. The molecule has 0 atom stereocenters. The van der Waals surface area contributed by atoms with Crippen molar-refractivity contribution >= 4 is 11.8 Å². The summed E-state index contributed by atoms with van der Waals surface area (Å²) < 4.78 is 5.33. The van der Waals surface area contributed by atoms with Crippen LogP contribution in [0.3, 0.4) is 0 Å². The Morgan fingerprint density at radius 2 is 1.85 bits per heavy atom. The van der Waals surface area contributed by atoms with Crippen LogP contribution < -0.4 is 0 Å². The summed E-state index contributed by atoms with van der Waals surface area (Å²) in [7, 11) is 0. The summed E-state index contributed by atoms with van der Waals surface area (Å²) in [4.78, 5) is 0. The molecule has 66 valence electrons. The van der Waals surface area contributed by atoms with Crippen LogP contribution in [0.15, 0.2) is 52.2 Å². The van der Waals surface area contributed by atoms with Gasteiger partial charge in [-0.15, -0.1) is 0 Å². The second-order valence-corrected chi connectivity index (χ2v) is 3.47. The zero-order valence-corrected chi connectivity index (χ0v) is 8.17. The van der Waals surface area contributed by atoms with Crippen molar-refractivity contribution in [2.75, 3.05) is 6.26 Å². The first-order valence-electron chi connectivity index (χ1n) is 4.08. The van der Waals surface area contributed by atoms with E-state index in [0.717, 1.165) is 5.09 Å². The highest BCUT2D eigenvalue weighted by Gasteiger charge is 2.05. The van der Waals surface area contributed by atoms with E-state index in [2.05, 4.69) is 12.1 Å². The van der Waals surface area contributed by atoms with Crippen LogP contribution in [0.4, 0.5) is 0 Å². The quantitative estimate of drug-likeness (QED) is 0.670. The van der Waals surface area contributed by atoms with Crippen LogP contribution in [0.5, 0.6) is 0 Å². The predicted molar refractivity (Wildman–Crippen MR) is 55.9 cm³/mol. The minimum Gasteiger partial charge on any atom is -0.457 e. The van der Waals surface area contributed by atoms with E-state index < -0.39 is 0 Å². The maximum absolute atomic E-state index is 5.33. The largest absolute Gasteiger partial charge is 0.457 e. The van der Waals surface area contributed by atoms with Crippen LogP contribution in [0.2, 0.25) is 0 Å². The van der Waals surface area contributed by atoms with Gasteiger partial charge in [-0.25, -0.2) is 0 Å². The lowest BCUT2D eigenvalue weighted by Crippen LogP contribution is -1.74. The molecular weight excluding hydrogens is 180 g/mol. The van der Waals surface area contributed by atoms with E-state index in [9.17, 15) is 0 Å². The Hall–Kier alpha value is -1.15. The SMILES string of the molecule is CSc1occc1-c1ccccc1. The van der Waals surface area contributed by atoms with E-state index in [-0.39, 0.29) is 0 Å². The first kappa shape index (κ1) is 8.45. The molecule has 2 rings (SSSR count). The van der Waals surface area contributed by atoms with Crippen LogP contribution in [0.25, 0.3) is 11.1 Å².